The molecule has 0 fully saturated rings. The van der Waals surface area contributed by atoms with Crippen molar-refractivity contribution in [3.8, 4) is 0 Å². The van der Waals surface area contributed by atoms with E-state index < -0.39 is 6.03 Å². The van der Waals surface area contributed by atoms with Crippen LogP contribution in [0.4, 0.5) is 10.6 Å². The summed E-state index contributed by atoms with van der Waals surface area (Å²) in [6.45, 7) is 0. The summed E-state index contributed by atoms with van der Waals surface area (Å²) in [4.78, 5) is 24.8. The summed E-state index contributed by atoms with van der Waals surface area (Å²) in [5, 5.41) is 5.45. The summed E-state index contributed by atoms with van der Waals surface area (Å²) in [5.74, 6) is 0.378. The Balaban J connectivity index is 2.60. The van der Waals surface area contributed by atoms with Crippen molar-refractivity contribution >= 4 is 11.8 Å². The molecule has 6 nitrogen and oxygen atoms in total. The fraction of sp³-hybridized carbons (Fsp3) is 0.143. The van der Waals surface area contributed by atoms with Gasteiger partial charge in [0, 0.05) is 13.2 Å². The number of amides is 2. The van der Waals surface area contributed by atoms with Crippen LogP contribution in [0.5, 0.6) is 0 Å². The van der Waals surface area contributed by atoms with Crippen LogP contribution in [-0.2, 0) is 0 Å². The fourth-order valence-electron chi connectivity index (χ4n) is 0.664. The molecule has 1 rings (SSSR count). The van der Waals surface area contributed by atoms with E-state index in [-0.39, 0.29) is 0 Å². The highest BCUT2D eigenvalue weighted by atomic mass is 16.3. The first-order chi connectivity index (χ1) is 6.24. The molecule has 0 saturated heterocycles. The van der Waals surface area contributed by atoms with E-state index in [1.165, 1.54) is 13.2 Å². The Morgan fingerprint density at radius 3 is 2.92 bits per heavy atom. The van der Waals surface area contributed by atoms with Crippen molar-refractivity contribution < 1.29 is 4.79 Å². The van der Waals surface area contributed by atoms with Crippen LogP contribution in [0.25, 0.3) is 0 Å². The van der Waals surface area contributed by atoms with Crippen LogP contribution in [0.3, 0.4) is 0 Å². The molecule has 13 heavy (non-hydrogen) atoms. The zero-order valence-electron chi connectivity index (χ0n) is 6.97. The van der Waals surface area contributed by atoms with Crippen molar-refractivity contribution in [2.24, 2.45) is 5.29 Å². The predicted molar refractivity (Wildman–Crippen MR) is 46.8 cm³/mol. The first-order valence-electron chi connectivity index (χ1n) is 3.53. The van der Waals surface area contributed by atoms with Gasteiger partial charge in [-0.05, 0) is 12.1 Å². The third kappa shape index (κ3) is 2.51. The number of nitrogens with zero attached hydrogens (tertiary/aromatic N) is 3. The zero-order chi connectivity index (χ0) is 9.68. The standard InChI is InChI=1S/C7H8N4O2/c1-11(10-13)7(12)9-6-4-2-3-5-8-6/h2-5H,1H3,(H,8,9,12). The Kier molecular flexibility index (Phi) is 2.91. The Bertz CT molecular complexity index is 301. The van der Waals surface area contributed by atoms with Crippen LogP contribution >= 0.6 is 0 Å². The lowest BCUT2D eigenvalue weighted by atomic mass is 10.5. The molecular formula is C7H8N4O2. The molecule has 2 amide bonds. The number of urea groups is 1. The quantitative estimate of drug-likeness (QED) is 0.549. The van der Waals surface area contributed by atoms with Gasteiger partial charge in [0.1, 0.15) is 5.82 Å². The molecule has 0 aromatic carbocycles. The molecule has 0 aliphatic carbocycles. The molecular weight excluding hydrogens is 172 g/mol. The van der Waals surface area contributed by atoms with Gasteiger partial charge >= 0.3 is 6.03 Å². The van der Waals surface area contributed by atoms with E-state index in [0.717, 1.165) is 0 Å². The molecule has 1 N–H and O–H groups in total. The van der Waals surface area contributed by atoms with Gasteiger partial charge in [0.2, 0.25) is 0 Å². The number of hydrogen-bond acceptors (Lipinski definition) is 4. The van der Waals surface area contributed by atoms with E-state index in [1.54, 1.807) is 18.2 Å². The lowest BCUT2D eigenvalue weighted by molar-refractivity contribution is 0.223. The number of anilines is 1. The Morgan fingerprint density at radius 2 is 2.38 bits per heavy atom. The second-order valence-electron chi connectivity index (χ2n) is 2.25. The lowest BCUT2D eigenvalue weighted by Gasteiger charge is -2.07. The molecule has 0 spiro atoms. The number of hydrogen-bond donors (Lipinski definition) is 1. The SMILES string of the molecule is CN(N=O)C(=O)Nc1ccccn1. The van der Waals surface area contributed by atoms with Crippen molar-refractivity contribution in [1.29, 1.82) is 0 Å². The summed E-state index contributed by atoms with van der Waals surface area (Å²) in [5.41, 5.74) is 0. The second kappa shape index (κ2) is 4.15. The van der Waals surface area contributed by atoms with Crippen LogP contribution in [0.2, 0.25) is 0 Å². The number of aromatic nitrogens is 1. The summed E-state index contributed by atoms with van der Waals surface area (Å²) in [7, 11) is 1.26. The van der Waals surface area contributed by atoms with Gasteiger partial charge in [0.05, 0.1) is 5.29 Å². The molecule has 0 aliphatic heterocycles. The summed E-state index contributed by atoms with van der Waals surface area (Å²) < 4.78 is 0. The Hall–Kier alpha value is -1.98. The normalized spacial score (nSPS) is 9.00. The van der Waals surface area contributed by atoms with Crippen molar-refractivity contribution in [3.63, 3.8) is 0 Å². The van der Waals surface area contributed by atoms with Crippen LogP contribution in [0.1, 0.15) is 0 Å². The zero-order valence-corrected chi connectivity index (χ0v) is 6.97. The molecule has 0 aliphatic rings. The number of carbonyl (C=O) groups is 1. The van der Waals surface area contributed by atoms with E-state index >= 15 is 0 Å². The van der Waals surface area contributed by atoms with E-state index in [9.17, 15) is 9.70 Å². The summed E-state index contributed by atoms with van der Waals surface area (Å²) in [6.07, 6.45) is 1.53. The third-order valence-electron chi connectivity index (χ3n) is 1.32. The van der Waals surface area contributed by atoms with Gasteiger partial charge in [-0.3, -0.25) is 5.32 Å². The smallest absolute Gasteiger partial charge is 0.291 e. The molecule has 1 aromatic heterocycles. The highest BCUT2D eigenvalue weighted by molar-refractivity contribution is 5.87. The van der Waals surface area contributed by atoms with Gasteiger partial charge in [-0.1, -0.05) is 6.07 Å². The van der Waals surface area contributed by atoms with E-state index in [0.29, 0.717) is 10.8 Å². The fourth-order valence-corrected chi connectivity index (χ4v) is 0.664. The van der Waals surface area contributed by atoms with E-state index in [1.807, 2.05) is 0 Å². The van der Waals surface area contributed by atoms with E-state index in [4.69, 9.17) is 0 Å². The van der Waals surface area contributed by atoms with Gasteiger partial charge in [-0.15, -0.1) is 4.91 Å². The maximum Gasteiger partial charge on any atom is 0.345 e. The Morgan fingerprint density at radius 1 is 1.62 bits per heavy atom. The van der Waals surface area contributed by atoms with Crippen LogP contribution in [-0.4, -0.2) is 23.1 Å². The molecule has 6 heteroatoms. The monoisotopic (exact) mass is 180 g/mol. The summed E-state index contributed by atoms with van der Waals surface area (Å²) in [6, 6.07) is 4.43. The van der Waals surface area contributed by atoms with Crippen LogP contribution in [0, 0.1) is 4.91 Å². The minimum Gasteiger partial charge on any atom is -0.291 e. The molecule has 0 bridgehead atoms. The Labute approximate surface area is 74.5 Å². The van der Waals surface area contributed by atoms with Crippen molar-refractivity contribution in [2.45, 2.75) is 0 Å². The van der Waals surface area contributed by atoms with Crippen LogP contribution in [0.15, 0.2) is 29.7 Å². The van der Waals surface area contributed by atoms with Crippen molar-refractivity contribution in [3.05, 3.63) is 29.3 Å². The highest BCUT2D eigenvalue weighted by Gasteiger charge is 2.07. The van der Waals surface area contributed by atoms with Crippen LogP contribution < -0.4 is 5.32 Å². The predicted octanol–water partition coefficient (Wildman–Crippen LogP) is 1.23. The minimum absolute atomic E-state index is 0.378. The molecule has 0 atom stereocenters. The van der Waals surface area contributed by atoms with Gasteiger partial charge in [-0.2, -0.15) is 5.01 Å². The number of nitroso groups, excluding NO2 is 1. The summed E-state index contributed by atoms with van der Waals surface area (Å²) >= 11 is 0. The molecule has 0 unspecified atom stereocenters. The molecule has 1 aromatic rings. The largest absolute Gasteiger partial charge is 0.345 e. The molecule has 68 valence electrons. The van der Waals surface area contributed by atoms with Crippen molar-refractivity contribution in [2.75, 3.05) is 12.4 Å². The number of rotatable bonds is 2. The maximum absolute atomic E-state index is 11.0. The topological polar surface area (TPSA) is 74.7 Å². The minimum atomic E-state index is -0.617. The molecule has 0 radical (unpaired) electrons. The number of nitrogens with one attached hydrogen (secondary N) is 1. The van der Waals surface area contributed by atoms with Crippen molar-refractivity contribution in [1.82, 2.24) is 9.99 Å². The first-order valence-corrected chi connectivity index (χ1v) is 3.53. The first kappa shape index (κ1) is 9.11. The van der Waals surface area contributed by atoms with Gasteiger partial charge < -0.3 is 0 Å². The second-order valence-corrected chi connectivity index (χ2v) is 2.25. The maximum atomic E-state index is 11.0. The van der Waals surface area contributed by atoms with Gasteiger partial charge in [-0.25, -0.2) is 9.78 Å². The number of carbonyl (C=O) groups excluding carboxylic acids is 1. The lowest BCUT2D eigenvalue weighted by Crippen LogP contribution is -2.26. The molecule has 0 saturated carbocycles. The van der Waals surface area contributed by atoms with E-state index in [2.05, 4.69) is 15.6 Å². The number of pyridine rings is 1. The third-order valence-corrected chi connectivity index (χ3v) is 1.32. The molecule has 1 heterocycles. The average Bonchev–Trinajstić information content (AvgIpc) is 2.18. The van der Waals surface area contributed by atoms with Gasteiger partial charge in [0.25, 0.3) is 0 Å². The average molecular weight is 180 g/mol. The van der Waals surface area contributed by atoms with Gasteiger partial charge in [0.15, 0.2) is 0 Å². The highest BCUT2D eigenvalue weighted by Crippen LogP contribution is 2.00.